The van der Waals surface area contributed by atoms with Crippen LogP contribution in [-0.4, -0.2) is 15.8 Å². The van der Waals surface area contributed by atoms with Gasteiger partial charge in [-0.05, 0) is 54.6 Å². The van der Waals surface area contributed by atoms with Crippen LogP contribution < -0.4 is 5.73 Å². The molecule has 0 saturated heterocycles. The maximum atomic E-state index is 6.05. The Morgan fingerprint density at radius 2 is 2.22 bits per heavy atom. The Kier molecular flexibility index (Phi) is 4.19. The molecule has 98 valence electrons. The van der Waals surface area contributed by atoms with E-state index in [-0.39, 0.29) is 6.04 Å². The summed E-state index contributed by atoms with van der Waals surface area (Å²) < 4.78 is 2.09. The third kappa shape index (κ3) is 2.82. The fourth-order valence-electron chi connectivity index (χ4n) is 2.15. The molecule has 0 bridgehead atoms. The number of thiophene rings is 1. The van der Waals surface area contributed by atoms with E-state index in [1.807, 2.05) is 0 Å². The number of hydrogen-bond acceptors (Lipinski definition) is 3. The lowest BCUT2D eigenvalue weighted by Gasteiger charge is -2.09. The second-order valence-electron chi connectivity index (χ2n) is 4.81. The molecule has 2 rings (SSSR count). The van der Waals surface area contributed by atoms with Crippen molar-refractivity contribution in [2.24, 2.45) is 5.73 Å². The Morgan fingerprint density at radius 3 is 2.83 bits per heavy atom. The predicted octanol–water partition coefficient (Wildman–Crippen LogP) is 2.89. The SMILES string of the molecule is CCC(N)Cc1c(C)nn(Cc2ccsc2)c1C. The van der Waals surface area contributed by atoms with Crippen LogP contribution in [0.25, 0.3) is 0 Å². The van der Waals surface area contributed by atoms with E-state index < -0.39 is 0 Å². The zero-order valence-corrected chi connectivity index (χ0v) is 12.1. The Labute approximate surface area is 113 Å². The normalized spacial score (nSPS) is 12.9. The third-order valence-electron chi connectivity index (χ3n) is 3.43. The lowest BCUT2D eigenvalue weighted by atomic mass is 10.0. The van der Waals surface area contributed by atoms with Crippen molar-refractivity contribution in [3.05, 3.63) is 39.3 Å². The van der Waals surface area contributed by atoms with Gasteiger partial charge in [-0.25, -0.2) is 0 Å². The molecule has 0 aromatic carbocycles. The zero-order valence-electron chi connectivity index (χ0n) is 11.3. The molecule has 4 heteroatoms. The number of aryl methyl sites for hydroxylation is 1. The molecule has 1 unspecified atom stereocenters. The molecule has 2 heterocycles. The molecule has 0 spiro atoms. The monoisotopic (exact) mass is 263 g/mol. The summed E-state index contributed by atoms with van der Waals surface area (Å²) in [6, 6.07) is 2.39. The highest BCUT2D eigenvalue weighted by molar-refractivity contribution is 7.07. The second kappa shape index (κ2) is 5.67. The molecule has 3 nitrogen and oxygen atoms in total. The first-order chi connectivity index (χ1) is 8.61. The van der Waals surface area contributed by atoms with Gasteiger partial charge in [0.2, 0.25) is 0 Å². The van der Waals surface area contributed by atoms with Crippen LogP contribution >= 0.6 is 11.3 Å². The number of nitrogens with two attached hydrogens (primary N) is 1. The molecule has 2 aromatic heterocycles. The van der Waals surface area contributed by atoms with Gasteiger partial charge in [0.25, 0.3) is 0 Å². The summed E-state index contributed by atoms with van der Waals surface area (Å²) in [5.74, 6) is 0. The van der Waals surface area contributed by atoms with E-state index in [9.17, 15) is 0 Å². The van der Waals surface area contributed by atoms with Crippen LogP contribution in [-0.2, 0) is 13.0 Å². The summed E-state index contributed by atoms with van der Waals surface area (Å²) in [6.07, 6.45) is 1.94. The topological polar surface area (TPSA) is 43.8 Å². The summed E-state index contributed by atoms with van der Waals surface area (Å²) in [5, 5.41) is 8.92. The highest BCUT2D eigenvalue weighted by Crippen LogP contribution is 2.17. The average molecular weight is 263 g/mol. The minimum atomic E-state index is 0.237. The van der Waals surface area contributed by atoms with Gasteiger partial charge in [0.1, 0.15) is 0 Å². The summed E-state index contributed by atoms with van der Waals surface area (Å²) >= 11 is 1.73. The highest BCUT2D eigenvalue weighted by atomic mass is 32.1. The van der Waals surface area contributed by atoms with Crippen LogP contribution in [0.5, 0.6) is 0 Å². The van der Waals surface area contributed by atoms with Crippen molar-refractivity contribution in [2.45, 2.75) is 46.2 Å². The molecule has 0 radical (unpaired) electrons. The van der Waals surface area contributed by atoms with E-state index in [4.69, 9.17) is 5.73 Å². The van der Waals surface area contributed by atoms with Crippen molar-refractivity contribution in [1.82, 2.24) is 9.78 Å². The van der Waals surface area contributed by atoms with Gasteiger partial charge in [0.05, 0.1) is 12.2 Å². The maximum Gasteiger partial charge on any atom is 0.0670 e. The van der Waals surface area contributed by atoms with Crippen molar-refractivity contribution < 1.29 is 0 Å². The van der Waals surface area contributed by atoms with Crippen molar-refractivity contribution >= 4 is 11.3 Å². The van der Waals surface area contributed by atoms with Crippen LogP contribution in [0.1, 0.15) is 35.9 Å². The van der Waals surface area contributed by atoms with Gasteiger partial charge < -0.3 is 5.73 Å². The molecule has 0 aliphatic carbocycles. The highest BCUT2D eigenvalue weighted by Gasteiger charge is 2.14. The predicted molar refractivity (Wildman–Crippen MR) is 77.1 cm³/mol. The first-order valence-corrected chi connectivity index (χ1v) is 7.35. The van der Waals surface area contributed by atoms with E-state index in [2.05, 4.69) is 47.4 Å². The van der Waals surface area contributed by atoms with Crippen molar-refractivity contribution in [3.63, 3.8) is 0 Å². The molecule has 0 saturated carbocycles. The summed E-state index contributed by atoms with van der Waals surface area (Å²) in [7, 11) is 0. The second-order valence-corrected chi connectivity index (χ2v) is 5.59. The minimum Gasteiger partial charge on any atom is -0.327 e. The Hall–Kier alpha value is -1.13. The van der Waals surface area contributed by atoms with Crippen LogP contribution in [0, 0.1) is 13.8 Å². The first kappa shape index (κ1) is 13.3. The summed E-state index contributed by atoms with van der Waals surface area (Å²) in [6.45, 7) is 7.21. The molecule has 0 aliphatic rings. The van der Waals surface area contributed by atoms with E-state index >= 15 is 0 Å². The fourth-order valence-corrected chi connectivity index (χ4v) is 2.81. The van der Waals surface area contributed by atoms with E-state index in [1.165, 1.54) is 16.8 Å². The Bertz CT molecular complexity index is 499. The lowest BCUT2D eigenvalue weighted by Crippen LogP contribution is -2.22. The molecule has 2 N–H and O–H groups in total. The van der Waals surface area contributed by atoms with Crippen LogP contribution in [0.3, 0.4) is 0 Å². The van der Waals surface area contributed by atoms with Gasteiger partial charge in [-0.15, -0.1) is 0 Å². The Morgan fingerprint density at radius 1 is 1.44 bits per heavy atom. The molecule has 0 fully saturated rings. The largest absolute Gasteiger partial charge is 0.327 e. The van der Waals surface area contributed by atoms with Gasteiger partial charge in [-0.1, -0.05) is 6.92 Å². The fraction of sp³-hybridized carbons (Fsp3) is 0.500. The van der Waals surface area contributed by atoms with E-state index in [1.54, 1.807) is 11.3 Å². The molecule has 0 aliphatic heterocycles. The smallest absolute Gasteiger partial charge is 0.0670 e. The summed E-state index contributed by atoms with van der Waals surface area (Å²) in [4.78, 5) is 0. The molecular weight excluding hydrogens is 242 g/mol. The zero-order chi connectivity index (χ0) is 13.1. The quantitative estimate of drug-likeness (QED) is 0.901. The van der Waals surface area contributed by atoms with Gasteiger partial charge in [0.15, 0.2) is 0 Å². The van der Waals surface area contributed by atoms with E-state index in [0.717, 1.165) is 25.1 Å². The standard InChI is InChI=1S/C14H21N3S/c1-4-13(15)7-14-10(2)16-17(11(14)3)8-12-5-6-18-9-12/h5-6,9,13H,4,7-8,15H2,1-3H3. The summed E-state index contributed by atoms with van der Waals surface area (Å²) in [5.41, 5.74) is 11.1. The first-order valence-electron chi connectivity index (χ1n) is 6.41. The van der Waals surface area contributed by atoms with Gasteiger partial charge >= 0.3 is 0 Å². The molecule has 0 amide bonds. The van der Waals surface area contributed by atoms with Crippen LogP contribution in [0.2, 0.25) is 0 Å². The van der Waals surface area contributed by atoms with Gasteiger partial charge in [0, 0.05) is 11.7 Å². The van der Waals surface area contributed by atoms with Crippen LogP contribution in [0.15, 0.2) is 16.8 Å². The van der Waals surface area contributed by atoms with Crippen molar-refractivity contribution in [3.8, 4) is 0 Å². The number of nitrogens with zero attached hydrogens (tertiary/aromatic N) is 2. The van der Waals surface area contributed by atoms with E-state index in [0.29, 0.717) is 0 Å². The Balaban J connectivity index is 2.20. The number of hydrogen-bond donors (Lipinski definition) is 1. The third-order valence-corrected chi connectivity index (χ3v) is 4.17. The molecular formula is C14H21N3S. The number of aromatic nitrogens is 2. The molecule has 18 heavy (non-hydrogen) atoms. The number of rotatable bonds is 5. The van der Waals surface area contributed by atoms with Crippen molar-refractivity contribution in [2.75, 3.05) is 0 Å². The molecule has 1 atom stereocenters. The van der Waals surface area contributed by atoms with Crippen molar-refractivity contribution in [1.29, 1.82) is 0 Å². The minimum absolute atomic E-state index is 0.237. The molecule has 2 aromatic rings. The van der Waals surface area contributed by atoms with Crippen LogP contribution in [0.4, 0.5) is 0 Å². The average Bonchev–Trinajstić information content (AvgIpc) is 2.94. The lowest BCUT2D eigenvalue weighted by molar-refractivity contribution is 0.636. The van der Waals surface area contributed by atoms with Gasteiger partial charge in [-0.2, -0.15) is 16.4 Å². The maximum absolute atomic E-state index is 6.05. The van der Waals surface area contributed by atoms with Gasteiger partial charge in [-0.3, -0.25) is 4.68 Å².